The predicted octanol–water partition coefficient (Wildman–Crippen LogP) is 3.16. The van der Waals surface area contributed by atoms with E-state index in [1.165, 1.54) is 11.3 Å². The van der Waals surface area contributed by atoms with Gasteiger partial charge in [-0.2, -0.15) is 0 Å². The lowest BCUT2D eigenvalue weighted by Gasteiger charge is -2.31. The molecule has 5 rings (SSSR count). The van der Waals surface area contributed by atoms with Gasteiger partial charge in [-0.3, -0.25) is 9.59 Å². The van der Waals surface area contributed by atoms with Crippen LogP contribution in [0.5, 0.6) is 0 Å². The van der Waals surface area contributed by atoms with E-state index in [4.69, 9.17) is 0 Å². The number of amides is 1. The third-order valence-electron chi connectivity index (χ3n) is 5.43. The lowest BCUT2D eigenvalue weighted by atomic mass is 9.92. The van der Waals surface area contributed by atoms with Gasteiger partial charge in [0.1, 0.15) is 12.1 Å². The topological polar surface area (TPSA) is 81.0 Å². The molecule has 1 aliphatic heterocycles. The van der Waals surface area contributed by atoms with Crippen LogP contribution in [0.3, 0.4) is 0 Å². The third-order valence-corrected chi connectivity index (χ3v) is 6.48. The molecule has 0 bridgehead atoms. The second kappa shape index (κ2) is 7.36. The number of Topliss-reactive ketones (excluding diaryl/α,β-unsaturated/α-hetero) is 1. The summed E-state index contributed by atoms with van der Waals surface area (Å²) in [6.07, 6.45) is 1.33. The zero-order chi connectivity index (χ0) is 19.8. The van der Waals surface area contributed by atoms with Crippen molar-refractivity contribution < 1.29 is 9.59 Å². The normalized spacial score (nSPS) is 15.2. The average Bonchev–Trinajstić information content (AvgIpc) is 3.38. The number of para-hydroxylation sites is 2. The number of aromatic nitrogens is 4. The Morgan fingerprint density at radius 1 is 1.00 bits per heavy atom. The molecule has 0 radical (unpaired) electrons. The molecule has 2 aromatic heterocycles. The van der Waals surface area contributed by atoms with Crippen LogP contribution in [0.25, 0.3) is 21.3 Å². The summed E-state index contributed by atoms with van der Waals surface area (Å²) < 4.78 is 2.67. The number of hydrogen-bond acceptors (Lipinski definition) is 6. The molecule has 2 aromatic carbocycles. The average molecular weight is 405 g/mol. The molecule has 8 heteroatoms. The highest BCUT2D eigenvalue weighted by Gasteiger charge is 2.29. The Morgan fingerprint density at radius 3 is 2.52 bits per heavy atom. The molecule has 29 heavy (non-hydrogen) atoms. The lowest BCUT2D eigenvalue weighted by Crippen LogP contribution is -2.41. The number of hydrogen-bond donors (Lipinski definition) is 0. The number of ketones is 1. The first-order valence-corrected chi connectivity index (χ1v) is 10.5. The van der Waals surface area contributed by atoms with Gasteiger partial charge < -0.3 is 4.90 Å². The Kier molecular flexibility index (Phi) is 4.55. The van der Waals surface area contributed by atoms with Crippen molar-refractivity contribution in [1.29, 1.82) is 0 Å². The molecule has 0 spiro atoms. The summed E-state index contributed by atoms with van der Waals surface area (Å²) in [5, 5.41) is 8.76. The molecule has 0 atom stereocenters. The van der Waals surface area contributed by atoms with Gasteiger partial charge in [0, 0.05) is 19.0 Å². The van der Waals surface area contributed by atoms with Crippen LogP contribution in [0.15, 0.2) is 48.5 Å². The zero-order valence-corrected chi connectivity index (χ0v) is 16.5. The number of nitrogens with zero attached hydrogens (tertiary/aromatic N) is 5. The number of carbonyl (C=O) groups is 2. The van der Waals surface area contributed by atoms with E-state index in [-0.39, 0.29) is 24.2 Å². The number of carbonyl (C=O) groups excluding carboxylic acids is 2. The van der Waals surface area contributed by atoms with Crippen molar-refractivity contribution in [2.75, 3.05) is 13.1 Å². The lowest BCUT2D eigenvalue weighted by molar-refractivity contribution is -0.133. The molecule has 1 fully saturated rings. The maximum Gasteiger partial charge on any atom is 0.244 e. The van der Waals surface area contributed by atoms with E-state index < -0.39 is 0 Å². The van der Waals surface area contributed by atoms with Crippen molar-refractivity contribution in [3.63, 3.8) is 0 Å². The van der Waals surface area contributed by atoms with Crippen LogP contribution in [0.1, 0.15) is 22.6 Å². The van der Waals surface area contributed by atoms with Crippen LogP contribution in [-0.4, -0.2) is 49.7 Å². The van der Waals surface area contributed by atoms with Gasteiger partial charge in [0.25, 0.3) is 0 Å². The molecule has 4 aromatic rings. The van der Waals surface area contributed by atoms with Crippen LogP contribution >= 0.6 is 11.3 Å². The van der Waals surface area contributed by atoms with Crippen LogP contribution < -0.4 is 0 Å². The summed E-state index contributed by atoms with van der Waals surface area (Å²) in [6.45, 7) is 1.32. The Bertz CT molecular complexity index is 1170. The van der Waals surface area contributed by atoms with E-state index in [9.17, 15) is 9.59 Å². The van der Waals surface area contributed by atoms with E-state index in [1.807, 2.05) is 53.4 Å². The van der Waals surface area contributed by atoms with Crippen molar-refractivity contribution in [1.82, 2.24) is 24.9 Å². The summed E-state index contributed by atoms with van der Waals surface area (Å²) in [7, 11) is 0. The molecule has 1 saturated heterocycles. The largest absolute Gasteiger partial charge is 0.341 e. The maximum atomic E-state index is 12.9. The highest BCUT2D eigenvalue weighted by Crippen LogP contribution is 2.27. The third kappa shape index (κ3) is 3.40. The molecule has 0 unspecified atom stereocenters. The predicted molar refractivity (Wildman–Crippen MR) is 111 cm³/mol. The minimum Gasteiger partial charge on any atom is -0.341 e. The Morgan fingerprint density at radius 2 is 1.72 bits per heavy atom. The minimum atomic E-state index is -0.0770. The van der Waals surface area contributed by atoms with Crippen LogP contribution in [0.2, 0.25) is 0 Å². The highest BCUT2D eigenvalue weighted by molar-refractivity contribution is 7.20. The van der Waals surface area contributed by atoms with Crippen molar-refractivity contribution in [2.45, 2.75) is 19.4 Å². The van der Waals surface area contributed by atoms with E-state index in [0.29, 0.717) is 30.9 Å². The van der Waals surface area contributed by atoms with Crippen LogP contribution in [0, 0.1) is 5.92 Å². The van der Waals surface area contributed by atoms with E-state index in [1.54, 1.807) is 4.68 Å². The van der Waals surface area contributed by atoms with Crippen LogP contribution in [0.4, 0.5) is 0 Å². The Hall–Kier alpha value is -3.13. The summed E-state index contributed by atoms with van der Waals surface area (Å²) in [6, 6.07) is 15.4. The fourth-order valence-corrected chi connectivity index (χ4v) is 4.79. The quantitative estimate of drug-likeness (QED) is 0.487. The summed E-state index contributed by atoms with van der Waals surface area (Å²) in [5.41, 5.74) is 2.50. The summed E-state index contributed by atoms with van der Waals surface area (Å²) in [5.74, 6) is 0.0268. The molecule has 0 N–H and O–H groups in total. The summed E-state index contributed by atoms with van der Waals surface area (Å²) in [4.78, 5) is 31.9. The molecule has 0 aliphatic carbocycles. The van der Waals surface area contributed by atoms with Gasteiger partial charge in [-0.1, -0.05) is 29.5 Å². The number of rotatable bonds is 4. The molecule has 1 aliphatic rings. The zero-order valence-electron chi connectivity index (χ0n) is 15.7. The Balaban J connectivity index is 1.22. The van der Waals surface area contributed by atoms with Crippen molar-refractivity contribution in [3.8, 4) is 0 Å². The Labute approximate surface area is 171 Å². The fraction of sp³-hybridized carbons (Fsp3) is 0.286. The number of likely N-dealkylation sites (tertiary alicyclic amines) is 1. The molecule has 146 valence electrons. The van der Waals surface area contributed by atoms with Crippen LogP contribution in [-0.2, 0) is 11.3 Å². The molecule has 1 amide bonds. The summed E-state index contributed by atoms with van der Waals surface area (Å²) >= 11 is 1.45. The first-order valence-electron chi connectivity index (χ1n) is 9.65. The van der Waals surface area contributed by atoms with E-state index in [2.05, 4.69) is 15.3 Å². The van der Waals surface area contributed by atoms with Gasteiger partial charge in [-0.25, -0.2) is 9.67 Å². The van der Waals surface area contributed by atoms with Gasteiger partial charge in [0.05, 0.1) is 15.7 Å². The van der Waals surface area contributed by atoms with Gasteiger partial charge in [0.2, 0.25) is 5.91 Å². The minimum absolute atomic E-state index is 0.00605. The molecular formula is C21H19N5O2S. The van der Waals surface area contributed by atoms with Crippen molar-refractivity contribution in [3.05, 3.63) is 53.5 Å². The van der Waals surface area contributed by atoms with E-state index in [0.717, 1.165) is 21.3 Å². The number of thiazole rings is 1. The molecule has 0 saturated carbocycles. The maximum absolute atomic E-state index is 12.9. The monoisotopic (exact) mass is 405 g/mol. The van der Waals surface area contributed by atoms with Gasteiger partial charge in [-0.05, 0) is 37.1 Å². The second-order valence-corrected chi connectivity index (χ2v) is 8.27. The molecule has 7 nitrogen and oxygen atoms in total. The van der Waals surface area contributed by atoms with Crippen molar-refractivity contribution in [2.24, 2.45) is 5.92 Å². The molecular weight excluding hydrogens is 386 g/mol. The van der Waals surface area contributed by atoms with Gasteiger partial charge in [0.15, 0.2) is 10.8 Å². The number of benzene rings is 2. The SMILES string of the molecule is O=C(c1nc2ccccc2s1)C1CCN(C(=O)Cn2nnc3ccccc32)CC1. The smallest absolute Gasteiger partial charge is 0.244 e. The number of piperidine rings is 1. The van der Waals surface area contributed by atoms with Crippen molar-refractivity contribution >= 4 is 44.3 Å². The van der Waals surface area contributed by atoms with Gasteiger partial charge in [-0.15, -0.1) is 16.4 Å². The van der Waals surface area contributed by atoms with E-state index >= 15 is 0 Å². The first-order chi connectivity index (χ1) is 14.2. The standard InChI is InChI=1S/C21H19N5O2S/c27-19(13-26-17-7-3-1-5-15(17)23-24-26)25-11-9-14(10-12-25)20(28)21-22-16-6-2-4-8-18(16)29-21/h1-8,14H,9-13H2. The highest BCUT2D eigenvalue weighted by atomic mass is 32.1. The van der Waals surface area contributed by atoms with Gasteiger partial charge >= 0.3 is 0 Å². The fourth-order valence-electron chi connectivity index (χ4n) is 3.81. The second-order valence-electron chi connectivity index (χ2n) is 7.24. The number of fused-ring (bicyclic) bond motifs is 2. The molecule has 3 heterocycles. The first kappa shape index (κ1) is 17.9.